The van der Waals surface area contributed by atoms with Gasteiger partial charge in [0.2, 0.25) is 10.0 Å². The quantitative estimate of drug-likeness (QED) is 0.820. The van der Waals surface area contributed by atoms with E-state index in [1.165, 1.54) is 12.1 Å². The summed E-state index contributed by atoms with van der Waals surface area (Å²) >= 11 is 0. The van der Waals surface area contributed by atoms with Crippen LogP contribution in [-0.2, 0) is 14.8 Å². The number of nitrogens with zero attached hydrogens (tertiary/aromatic N) is 1. The molecule has 0 unspecified atom stereocenters. The molecule has 1 fully saturated rings. The Morgan fingerprint density at radius 2 is 2.19 bits per heavy atom. The first-order valence-electron chi connectivity index (χ1n) is 8.23. The molecule has 0 amide bonds. The van der Waals surface area contributed by atoms with Crippen LogP contribution in [0, 0.1) is 18.7 Å². The van der Waals surface area contributed by atoms with Gasteiger partial charge in [0.25, 0.3) is 0 Å². The number of halogens is 1. The standard InChI is InChI=1S/C17H21FN2O5S/c1-11-7-15(19-25-11)12-3-4-17(14(18)8-12)24-9-13-5-6-23-10-16(13)20-26(2,21)22/h3-4,7-8,13,16,20H,5-6,9-10H2,1-2H3/t13-,16+/m1/s1. The molecule has 2 atom stereocenters. The highest BCUT2D eigenvalue weighted by atomic mass is 32.2. The SMILES string of the molecule is Cc1cc(-c2ccc(OC[C@H]3CCOC[C@@H]3NS(C)(=O)=O)c(F)c2)no1. The molecule has 3 rings (SSSR count). The van der Waals surface area contributed by atoms with E-state index in [2.05, 4.69) is 9.88 Å². The van der Waals surface area contributed by atoms with Crippen LogP contribution in [0.3, 0.4) is 0 Å². The van der Waals surface area contributed by atoms with Gasteiger partial charge in [0.15, 0.2) is 11.6 Å². The second-order valence-electron chi connectivity index (χ2n) is 6.40. The molecule has 0 spiro atoms. The van der Waals surface area contributed by atoms with Crippen molar-refractivity contribution < 1.29 is 26.8 Å². The summed E-state index contributed by atoms with van der Waals surface area (Å²) in [6.45, 7) is 2.74. The molecular formula is C17H21FN2O5S. The zero-order chi connectivity index (χ0) is 18.7. The number of aromatic nitrogens is 1. The van der Waals surface area contributed by atoms with Crippen LogP contribution in [-0.4, -0.2) is 45.7 Å². The monoisotopic (exact) mass is 384 g/mol. The first kappa shape index (κ1) is 18.8. The maximum absolute atomic E-state index is 14.3. The maximum Gasteiger partial charge on any atom is 0.209 e. The van der Waals surface area contributed by atoms with Crippen molar-refractivity contribution in [3.63, 3.8) is 0 Å². The summed E-state index contributed by atoms with van der Waals surface area (Å²) in [5, 5.41) is 3.86. The molecule has 0 radical (unpaired) electrons. The van der Waals surface area contributed by atoms with Crippen molar-refractivity contribution in [1.82, 2.24) is 9.88 Å². The number of rotatable bonds is 6. The second-order valence-corrected chi connectivity index (χ2v) is 8.18. The van der Waals surface area contributed by atoms with Gasteiger partial charge in [-0.15, -0.1) is 0 Å². The highest BCUT2D eigenvalue weighted by Gasteiger charge is 2.29. The van der Waals surface area contributed by atoms with Crippen LogP contribution in [0.4, 0.5) is 4.39 Å². The molecule has 26 heavy (non-hydrogen) atoms. The van der Waals surface area contributed by atoms with E-state index in [9.17, 15) is 12.8 Å². The third kappa shape index (κ3) is 4.80. The lowest BCUT2D eigenvalue weighted by Gasteiger charge is -2.31. The fourth-order valence-electron chi connectivity index (χ4n) is 2.86. The minimum absolute atomic E-state index is 0.101. The molecule has 1 N–H and O–H groups in total. The van der Waals surface area contributed by atoms with Crippen LogP contribution in [0.1, 0.15) is 12.2 Å². The molecule has 1 saturated heterocycles. The largest absolute Gasteiger partial charge is 0.490 e. The Kier molecular flexibility index (Phi) is 5.59. The summed E-state index contributed by atoms with van der Waals surface area (Å²) in [4.78, 5) is 0. The first-order chi connectivity index (χ1) is 12.3. The van der Waals surface area contributed by atoms with Gasteiger partial charge in [-0.1, -0.05) is 5.16 Å². The number of ether oxygens (including phenoxy) is 2. The Hall–Kier alpha value is -1.97. The molecule has 1 aromatic heterocycles. The molecule has 0 bridgehead atoms. The third-order valence-corrected chi connectivity index (χ3v) is 4.90. The van der Waals surface area contributed by atoms with E-state index in [0.29, 0.717) is 30.0 Å². The van der Waals surface area contributed by atoms with Crippen molar-refractivity contribution in [3.8, 4) is 17.0 Å². The van der Waals surface area contributed by atoms with Gasteiger partial charge in [0.05, 0.1) is 25.5 Å². The van der Waals surface area contributed by atoms with E-state index >= 15 is 0 Å². The summed E-state index contributed by atoms with van der Waals surface area (Å²) in [5.41, 5.74) is 1.14. The fraction of sp³-hybridized carbons (Fsp3) is 0.471. The van der Waals surface area contributed by atoms with Gasteiger partial charge >= 0.3 is 0 Å². The summed E-state index contributed by atoms with van der Waals surface area (Å²) in [6.07, 6.45) is 1.73. The first-order valence-corrected chi connectivity index (χ1v) is 10.1. The topological polar surface area (TPSA) is 90.7 Å². The number of sulfonamides is 1. The van der Waals surface area contributed by atoms with Crippen molar-refractivity contribution >= 4 is 10.0 Å². The lowest BCUT2D eigenvalue weighted by atomic mass is 9.97. The molecule has 0 saturated carbocycles. The van der Waals surface area contributed by atoms with Crippen molar-refractivity contribution in [2.45, 2.75) is 19.4 Å². The van der Waals surface area contributed by atoms with E-state index in [0.717, 1.165) is 6.26 Å². The maximum atomic E-state index is 14.3. The highest BCUT2D eigenvalue weighted by molar-refractivity contribution is 7.88. The lowest BCUT2D eigenvalue weighted by Crippen LogP contribution is -2.48. The van der Waals surface area contributed by atoms with Crippen LogP contribution >= 0.6 is 0 Å². The Bertz CT molecular complexity index is 868. The lowest BCUT2D eigenvalue weighted by molar-refractivity contribution is 0.0270. The summed E-state index contributed by atoms with van der Waals surface area (Å²) in [7, 11) is -3.36. The van der Waals surface area contributed by atoms with Gasteiger partial charge in [-0.25, -0.2) is 17.5 Å². The molecular weight excluding hydrogens is 363 g/mol. The third-order valence-electron chi connectivity index (χ3n) is 4.17. The van der Waals surface area contributed by atoms with Gasteiger partial charge in [-0.2, -0.15) is 0 Å². The average Bonchev–Trinajstić information content (AvgIpc) is 3.00. The smallest absolute Gasteiger partial charge is 0.209 e. The van der Waals surface area contributed by atoms with E-state index < -0.39 is 15.8 Å². The van der Waals surface area contributed by atoms with Crippen molar-refractivity contribution in [1.29, 1.82) is 0 Å². The van der Waals surface area contributed by atoms with Crippen molar-refractivity contribution in [2.75, 3.05) is 26.1 Å². The summed E-state index contributed by atoms with van der Waals surface area (Å²) < 4.78 is 55.8. The minimum atomic E-state index is -3.36. The molecule has 1 aliphatic rings. The average molecular weight is 384 g/mol. The molecule has 142 valence electrons. The molecule has 1 aliphatic heterocycles. The van der Waals surface area contributed by atoms with Crippen molar-refractivity contribution in [3.05, 3.63) is 35.8 Å². The minimum Gasteiger partial charge on any atom is -0.490 e. The number of benzene rings is 1. The fourth-order valence-corrected chi connectivity index (χ4v) is 3.67. The van der Waals surface area contributed by atoms with Crippen LogP contribution in [0.15, 0.2) is 28.8 Å². The molecule has 7 nitrogen and oxygen atoms in total. The Balaban J connectivity index is 1.66. The zero-order valence-corrected chi connectivity index (χ0v) is 15.4. The number of hydrogen-bond acceptors (Lipinski definition) is 6. The molecule has 1 aromatic carbocycles. The second kappa shape index (κ2) is 7.73. The zero-order valence-electron chi connectivity index (χ0n) is 14.6. The van der Waals surface area contributed by atoms with Gasteiger partial charge in [0.1, 0.15) is 11.5 Å². The normalized spacial score (nSPS) is 20.9. The van der Waals surface area contributed by atoms with E-state index in [-0.39, 0.29) is 30.9 Å². The van der Waals surface area contributed by atoms with Crippen LogP contribution in [0.2, 0.25) is 0 Å². The molecule has 0 aliphatic carbocycles. The molecule has 2 heterocycles. The van der Waals surface area contributed by atoms with E-state index in [1.54, 1.807) is 19.1 Å². The Morgan fingerprint density at radius 3 is 2.85 bits per heavy atom. The predicted octanol–water partition coefficient (Wildman–Crippen LogP) is 2.12. The summed E-state index contributed by atoms with van der Waals surface area (Å²) in [5.74, 6) is 0.141. The number of nitrogens with one attached hydrogen (secondary N) is 1. The van der Waals surface area contributed by atoms with Crippen LogP contribution < -0.4 is 9.46 Å². The Labute approximate surface area is 151 Å². The number of aryl methyl sites for hydroxylation is 1. The van der Waals surface area contributed by atoms with Crippen molar-refractivity contribution in [2.24, 2.45) is 5.92 Å². The van der Waals surface area contributed by atoms with Crippen LogP contribution in [0.5, 0.6) is 5.75 Å². The van der Waals surface area contributed by atoms with Gasteiger partial charge < -0.3 is 14.0 Å². The van der Waals surface area contributed by atoms with Gasteiger partial charge in [-0.05, 0) is 31.5 Å². The number of hydrogen-bond donors (Lipinski definition) is 1. The summed E-state index contributed by atoms with van der Waals surface area (Å²) in [6, 6.07) is 5.90. The van der Waals surface area contributed by atoms with Gasteiger partial charge in [-0.3, -0.25) is 0 Å². The van der Waals surface area contributed by atoms with Gasteiger partial charge in [0, 0.05) is 24.2 Å². The molecule has 2 aromatic rings. The predicted molar refractivity (Wildman–Crippen MR) is 92.8 cm³/mol. The van der Waals surface area contributed by atoms with Crippen LogP contribution in [0.25, 0.3) is 11.3 Å². The Morgan fingerprint density at radius 1 is 1.38 bits per heavy atom. The highest BCUT2D eigenvalue weighted by Crippen LogP contribution is 2.26. The van der Waals surface area contributed by atoms with E-state index in [1.807, 2.05) is 0 Å². The van der Waals surface area contributed by atoms with E-state index in [4.69, 9.17) is 14.0 Å². The molecule has 9 heteroatoms.